The molecular weight excluding hydrogens is 344 g/mol. The maximum atomic E-state index is 13.7. The molecule has 5 heteroatoms. The zero-order valence-corrected chi connectivity index (χ0v) is 13.5. The average molecular weight is 358 g/mol. The van der Waals surface area contributed by atoms with E-state index in [0.29, 0.717) is 0 Å². The van der Waals surface area contributed by atoms with Crippen LogP contribution >= 0.6 is 27.7 Å². The van der Waals surface area contributed by atoms with Gasteiger partial charge in [-0.15, -0.1) is 0 Å². The first-order valence-corrected chi connectivity index (χ1v) is 7.72. The number of hydrogen-bond acceptors (Lipinski definition) is 2. The fourth-order valence-corrected chi connectivity index (χ4v) is 3.22. The van der Waals surface area contributed by atoms with E-state index in [1.54, 1.807) is 0 Å². The van der Waals surface area contributed by atoms with Crippen molar-refractivity contribution in [2.24, 2.45) is 0 Å². The van der Waals surface area contributed by atoms with Gasteiger partial charge in [0.1, 0.15) is 11.6 Å². The Morgan fingerprint density at radius 3 is 2.55 bits per heavy atom. The fraction of sp³-hybridized carbons (Fsp3) is 0.200. The Morgan fingerprint density at radius 1 is 1.10 bits per heavy atom. The molecule has 0 aliphatic carbocycles. The van der Waals surface area contributed by atoms with Crippen molar-refractivity contribution in [2.75, 3.05) is 7.05 Å². The zero-order valence-electron chi connectivity index (χ0n) is 11.1. The number of rotatable bonds is 4. The molecule has 0 bridgehead atoms. The van der Waals surface area contributed by atoms with Crippen LogP contribution in [0.5, 0.6) is 0 Å². The summed E-state index contributed by atoms with van der Waals surface area (Å²) in [7, 11) is 1.86. The van der Waals surface area contributed by atoms with Gasteiger partial charge in [0.05, 0.1) is 4.90 Å². The van der Waals surface area contributed by atoms with Gasteiger partial charge in [-0.3, -0.25) is 0 Å². The van der Waals surface area contributed by atoms with Gasteiger partial charge in [-0.05, 0) is 55.9 Å². The standard InChI is InChI=1S/C15H14BrF2NS/c1-9(19-2)12-7-10(16)3-6-14(12)20-15-8-11(17)4-5-13(15)18/h3-9,19H,1-2H3. The van der Waals surface area contributed by atoms with E-state index in [0.717, 1.165) is 27.1 Å². The van der Waals surface area contributed by atoms with Gasteiger partial charge in [0.15, 0.2) is 0 Å². The van der Waals surface area contributed by atoms with Crippen molar-refractivity contribution in [1.29, 1.82) is 0 Å². The van der Waals surface area contributed by atoms with Crippen LogP contribution in [0, 0.1) is 11.6 Å². The Labute approximate surface area is 129 Å². The van der Waals surface area contributed by atoms with Gasteiger partial charge in [0.25, 0.3) is 0 Å². The molecule has 1 atom stereocenters. The summed E-state index contributed by atoms with van der Waals surface area (Å²) >= 11 is 4.67. The van der Waals surface area contributed by atoms with E-state index in [9.17, 15) is 8.78 Å². The highest BCUT2D eigenvalue weighted by Gasteiger charge is 2.13. The van der Waals surface area contributed by atoms with Crippen LogP contribution in [0.4, 0.5) is 8.78 Å². The monoisotopic (exact) mass is 357 g/mol. The lowest BCUT2D eigenvalue weighted by molar-refractivity contribution is 0.577. The zero-order chi connectivity index (χ0) is 14.7. The summed E-state index contributed by atoms with van der Waals surface area (Å²) in [6.45, 7) is 2.02. The van der Waals surface area contributed by atoms with Crippen LogP contribution in [0.2, 0.25) is 0 Å². The summed E-state index contributed by atoms with van der Waals surface area (Å²) in [5.41, 5.74) is 1.04. The third kappa shape index (κ3) is 3.59. The Morgan fingerprint density at radius 2 is 1.85 bits per heavy atom. The molecule has 0 aromatic heterocycles. The van der Waals surface area contributed by atoms with Gasteiger partial charge < -0.3 is 5.32 Å². The summed E-state index contributed by atoms with van der Waals surface area (Å²) in [4.78, 5) is 1.19. The number of nitrogens with one attached hydrogen (secondary N) is 1. The van der Waals surface area contributed by atoms with Crippen LogP contribution in [0.15, 0.2) is 50.7 Å². The van der Waals surface area contributed by atoms with Crippen LogP contribution in [-0.2, 0) is 0 Å². The van der Waals surface area contributed by atoms with Crippen molar-refractivity contribution in [3.63, 3.8) is 0 Å². The van der Waals surface area contributed by atoms with Gasteiger partial charge >= 0.3 is 0 Å². The van der Waals surface area contributed by atoms with Gasteiger partial charge in [-0.25, -0.2) is 8.78 Å². The molecule has 0 amide bonds. The summed E-state index contributed by atoms with van der Waals surface area (Å²) in [6.07, 6.45) is 0. The SMILES string of the molecule is CNC(C)c1cc(Br)ccc1Sc1cc(F)ccc1F. The van der Waals surface area contributed by atoms with Crippen LogP contribution in [0.25, 0.3) is 0 Å². The van der Waals surface area contributed by atoms with E-state index in [1.165, 1.54) is 17.8 Å². The maximum Gasteiger partial charge on any atom is 0.137 e. The highest BCUT2D eigenvalue weighted by atomic mass is 79.9. The van der Waals surface area contributed by atoms with E-state index in [2.05, 4.69) is 21.2 Å². The van der Waals surface area contributed by atoms with Crippen molar-refractivity contribution in [3.05, 3.63) is 58.1 Å². The second-order valence-electron chi connectivity index (χ2n) is 4.37. The maximum absolute atomic E-state index is 13.7. The fourth-order valence-electron chi connectivity index (χ4n) is 1.78. The summed E-state index contributed by atoms with van der Waals surface area (Å²) in [5.74, 6) is -0.850. The van der Waals surface area contributed by atoms with Crippen molar-refractivity contribution in [1.82, 2.24) is 5.32 Å². The van der Waals surface area contributed by atoms with Crippen LogP contribution in [0.3, 0.4) is 0 Å². The molecule has 0 heterocycles. The lowest BCUT2D eigenvalue weighted by atomic mass is 10.1. The Hall–Kier alpha value is -0.910. The summed E-state index contributed by atoms with van der Waals surface area (Å²) in [6, 6.07) is 9.40. The van der Waals surface area contributed by atoms with E-state index in [4.69, 9.17) is 0 Å². The minimum absolute atomic E-state index is 0.117. The molecular formula is C15H14BrF2NS. The second kappa shape index (κ2) is 6.70. The van der Waals surface area contributed by atoms with Crippen LogP contribution < -0.4 is 5.32 Å². The number of halogens is 3. The molecule has 0 saturated heterocycles. The normalized spacial score (nSPS) is 12.4. The first kappa shape index (κ1) is 15.5. The molecule has 1 N–H and O–H groups in total. The molecule has 0 saturated carbocycles. The molecule has 106 valence electrons. The molecule has 20 heavy (non-hydrogen) atoms. The molecule has 0 aliphatic heterocycles. The number of hydrogen-bond donors (Lipinski definition) is 1. The lowest BCUT2D eigenvalue weighted by Crippen LogP contribution is -2.13. The topological polar surface area (TPSA) is 12.0 Å². The van der Waals surface area contributed by atoms with Gasteiger partial charge in [-0.2, -0.15) is 0 Å². The lowest BCUT2D eigenvalue weighted by Gasteiger charge is -2.16. The molecule has 1 nitrogen and oxygen atoms in total. The molecule has 2 aromatic rings. The molecule has 0 radical (unpaired) electrons. The number of benzene rings is 2. The molecule has 1 unspecified atom stereocenters. The van der Waals surface area contributed by atoms with Crippen molar-refractivity contribution in [2.45, 2.75) is 22.8 Å². The van der Waals surface area contributed by atoms with Gasteiger partial charge in [0, 0.05) is 15.4 Å². The van der Waals surface area contributed by atoms with E-state index in [-0.39, 0.29) is 10.9 Å². The van der Waals surface area contributed by atoms with Gasteiger partial charge in [0.2, 0.25) is 0 Å². The summed E-state index contributed by atoms with van der Waals surface area (Å²) < 4.78 is 27.9. The molecule has 0 spiro atoms. The Balaban J connectivity index is 2.40. The third-order valence-electron chi connectivity index (χ3n) is 2.98. The van der Waals surface area contributed by atoms with Crippen molar-refractivity contribution in [3.8, 4) is 0 Å². The first-order valence-electron chi connectivity index (χ1n) is 6.11. The minimum Gasteiger partial charge on any atom is -0.313 e. The molecule has 2 aromatic carbocycles. The largest absolute Gasteiger partial charge is 0.313 e. The second-order valence-corrected chi connectivity index (χ2v) is 6.37. The average Bonchev–Trinajstić information content (AvgIpc) is 2.43. The van der Waals surface area contributed by atoms with Crippen molar-refractivity contribution < 1.29 is 8.78 Å². The quantitative estimate of drug-likeness (QED) is 0.810. The van der Waals surface area contributed by atoms with E-state index in [1.807, 2.05) is 32.2 Å². The predicted octanol–water partition coefficient (Wildman–Crippen LogP) is 5.16. The minimum atomic E-state index is -0.436. The smallest absolute Gasteiger partial charge is 0.137 e. The molecule has 0 fully saturated rings. The Kier molecular flexibility index (Phi) is 5.18. The van der Waals surface area contributed by atoms with E-state index >= 15 is 0 Å². The molecule has 0 aliphatic rings. The summed E-state index contributed by atoms with van der Waals surface area (Å²) in [5, 5.41) is 3.16. The first-order chi connectivity index (χ1) is 9.51. The van der Waals surface area contributed by atoms with Crippen LogP contribution in [0.1, 0.15) is 18.5 Å². The van der Waals surface area contributed by atoms with E-state index < -0.39 is 11.6 Å². The highest BCUT2D eigenvalue weighted by Crippen LogP contribution is 2.36. The highest BCUT2D eigenvalue weighted by molar-refractivity contribution is 9.10. The predicted molar refractivity (Wildman–Crippen MR) is 82.1 cm³/mol. The third-order valence-corrected chi connectivity index (χ3v) is 4.60. The van der Waals surface area contributed by atoms with Gasteiger partial charge in [-0.1, -0.05) is 27.7 Å². The Bertz CT molecular complexity index is 619. The molecule has 2 rings (SSSR count). The van der Waals surface area contributed by atoms with Crippen molar-refractivity contribution >= 4 is 27.7 Å². The van der Waals surface area contributed by atoms with Crippen LogP contribution in [-0.4, -0.2) is 7.05 Å².